The number of aryl methyl sites for hydroxylation is 1. The van der Waals surface area contributed by atoms with E-state index in [1.54, 1.807) is 12.1 Å². The Morgan fingerprint density at radius 3 is 2.88 bits per heavy atom. The Morgan fingerprint density at radius 1 is 1.20 bits per heavy atom. The van der Waals surface area contributed by atoms with E-state index in [0.717, 1.165) is 59.9 Å². The third-order valence-corrected chi connectivity index (χ3v) is 5.08. The molecule has 1 fully saturated rings. The smallest absolute Gasteiger partial charge is 0.277 e. The summed E-state index contributed by atoms with van der Waals surface area (Å²) < 4.78 is 5.23. The van der Waals surface area contributed by atoms with Crippen LogP contribution >= 0.6 is 0 Å². The average Bonchev–Trinajstić information content (AvgIpc) is 3.12. The SMILES string of the molecule is O=C(Nc1ccc2c3c(c(=O)[nH]c2c1)CCC3)c1cc(C2CC2)on1. The van der Waals surface area contributed by atoms with Gasteiger partial charge in [0.05, 0.1) is 5.52 Å². The van der Waals surface area contributed by atoms with Crippen molar-refractivity contribution in [3.63, 3.8) is 0 Å². The van der Waals surface area contributed by atoms with Gasteiger partial charge in [0.15, 0.2) is 5.69 Å². The van der Waals surface area contributed by atoms with E-state index in [-0.39, 0.29) is 17.2 Å². The number of rotatable bonds is 3. The first-order valence-corrected chi connectivity index (χ1v) is 8.65. The summed E-state index contributed by atoms with van der Waals surface area (Å²) in [6.45, 7) is 0. The molecule has 2 aliphatic rings. The maximum atomic E-state index is 12.4. The molecule has 2 aliphatic carbocycles. The molecule has 25 heavy (non-hydrogen) atoms. The molecule has 6 nitrogen and oxygen atoms in total. The van der Waals surface area contributed by atoms with Crippen LogP contribution in [0.15, 0.2) is 33.6 Å². The predicted molar refractivity (Wildman–Crippen MR) is 93.0 cm³/mol. The van der Waals surface area contributed by atoms with Crippen molar-refractivity contribution >= 4 is 22.5 Å². The molecule has 1 aromatic carbocycles. The molecule has 5 rings (SSSR count). The Morgan fingerprint density at radius 2 is 2.04 bits per heavy atom. The van der Waals surface area contributed by atoms with Gasteiger partial charge in [0.1, 0.15) is 5.76 Å². The van der Waals surface area contributed by atoms with Gasteiger partial charge in [-0.3, -0.25) is 9.59 Å². The molecule has 2 aromatic heterocycles. The van der Waals surface area contributed by atoms with Crippen LogP contribution in [0.25, 0.3) is 10.9 Å². The minimum Gasteiger partial charge on any atom is -0.360 e. The van der Waals surface area contributed by atoms with Crippen LogP contribution in [0, 0.1) is 0 Å². The van der Waals surface area contributed by atoms with E-state index >= 15 is 0 Å². The third kappa shape index (κ3) is 2.45. The van der Waals surface area contributed by atoms with Gasteiger partial charge in [0.2, 0.25) is 0 Å². The summed E-state index contributed by atoms with van der Waals surface area (Å²) in [4.78, 5) is 27.5. The number of hydrogen-bond donors (Lipinski definition) is 2. The molecular formula is C19H17N3O3. The van der Waals surface area contributed by atoms with Crippen molar-refractivity contribution in [1.29, 1.82) is 0 Å². The summed E-state index contributed by atoms with van der Waals surface area (Å²) in [5.74, 6) is 0.893. The quantitative estimate of drug-likeness (QED) is 0.770. The van der Waals surface area contributed by atoms with Gasteiger partial charge in [-0.15, -0.1) is 0 Å². The Hall–Kier alpha value is -2.89. The molecular weight excluding hydrogens is 318 g/mol. The number of carbonyl (C=O) groups is 1. The molecule has 0 spiro atoms. The molecule has 1 saturated carbocycles. The molecule has 126 valence electrons. The van der Waals surface area contributed by atoms with Crippen LogP contribution in [0.2, 0.25) is 0 Å². The van der Waals surface area contributed by atoms with Crippen molar-refractivity contribution in [2.45, 2.75) is 38.0 Å². The molecule has 0 unspecified atom stereocenters. The summed E-state index contributed by atoms with van der Waals surface area (Å²) in [6, 6.07) is 7.33. The lowest BCUT2D eigenvalue weighted by Gasteiger charge is -2.08. The number of pyridine rings is 1. The number of aromatic amines is 1. The van der Waals surface area contributed by atoms with Crippen LogP contribution in [-0.4, -0.2) is 16.0 Å². The number of carbonyl (C=O) groups excluding carboxylic acids is 1. The lowest BCUT2D eigenvalue weighted by atomic mass is 10.1. The second kappa shape index (κ2) is 5.31. The van der Waals surface area contributed by atoms with Crippen molar-refractivity contribution in [2.24, 2.45) is 0 Å². The van der Waals surface area contributed by atoms with Crippen LogP contribution in [0.3, 0.4) is 0 Å². The second-order valence-electron chi connectivity index (χ2n) is 6.87. The van der Waals surface area contributed by atoms with Crippen molar-refractivity contribution in [3.05, 3.63) is 57.2 Å². The predicted octanol–water partition coefficient (Wildman–Crippen LogP) is 3.13. The number of H-pyrrole nitrogens is 1. The average molecular weight is 335 g/mol. The highest BCUT2D eigenvalue weighted by Crippen LogP contribution is 2.40. The number of aromatic nitrogens is 2. The highest BCUT2D eigenvalue weighted by Gasteiger charge is 2.29. The minimum atomic E-state index is -0.307. The van der Waals surface area contributed by atoms with E-state index in [1.165, 1.54) is 0 Å². The van der Waals surface area contributed by atoms with Crippen LogP contribution in [0.1, 0.15) is 52.6 Å². The Labute approximate surface area is 143 Å². The Balaban J connectivity index is 1.45. The number of amides is 1. The van der Waals surface area contributed by atoms with Crippen LogP contribution < -0.4 is 10.9 Å². The molecule has 3 aromatic rings. The molecule has 0 aliphatic heterocycles. The lowest BCUT2D eigenvalue weighted by Crippen LogP contribution is -2.14. The molecule has 1 amide bonds. The molecule has 0 atom stereocenters. The zero-order chi connectivity index (χ0) is 17.0. The summed E-state index contributed by atoms with van der Waals surface area (Å²) in [5, 5.41) is 7.74. The number of anilines is 1. The molecule has 2 heterocycles. The largest absolute Gasteiger partial charge is 0.360 e. The first-order valence-electron chi connectivity index (χ1n) is 8.65. The first-order chi connectivity index (χ1) is 12.2. The zero-order valence-electron chi connectivity index (χ0n) is 13.6. The molecule has 2 N–H and O–H groups in total. The summed E-state index contributed by atoms with van der Waals surface area (Å²) in [6.07, 6.45) is 4.99. The first kappa shape index (κ1) is 14.5. The summed E-state index contributed by atoms with van der Waals surface area (Å²) in [5.41, 5.74) is 3.68. The van der Waals surface area contributed by atoms with E-state index < -0.39 is 0 Å². The molecule has 0 saturated heterocycles. The fraction of sp³-hybridized carbons (Fsp3) is 0.316. The van der Waals surface area contributed by atoms with Gasteiger partial charge < -0.3 is 14.8 Å². The monoisotopic (exact) mass is 335 g/mol. The van der Waals surface area contributed by atoms with Gasteiger partial charge >= 0.3 is 0 Å². The number of fused-ring (bicyclic) bond motifs is 3. The van der Waals surface area contributed by atoms with Crippen LogP contribution in [0.4, 0.5) is 5.69 Å². The normalized spacial score (nSPS) is 16.2. The molecule has 6 heteroatoms. The van der Waals surface area contributed by atoms with E-state index in [9.17, 15) is 9.59 Å². The lowest BCUT2D eigenvalue weighted by molar-refractivity contribution is 0.101. The van der Waals surface area contributed by atoms with Crippen molar-refractivity contribution in [3.8, 4) is 0 Å². The van der Waals surface area contributed by atoms with Gasteiger partial charge in [-0.05, 0) is 49.8 Å². The van der Waals surface area contributed by atoms with Crippen molar-refractivity contribution < 1.29 is 9.32 Å². The van der Waals surface area contributed by atoms with Gasteiger partial charge in [-0.2, -0.15) is 0 Å². The van der Waals surface area contributed by atoms with E-state index in [0.29, 0.717) is 11.6 Å². The van der Waals surface area contributed by atoms with Crippen molar-refractivity contribution in [1.82, 2.24) is 10.1 Å². The van der Waals surface area contributed by atoms with Gasteiger partial charge in [0, 0.05) is 28.6 Å². The fourth-order valence-electron chi connectivity index (χ4n) is 3.63. The maximum absolute atomic E-state index is 12.4. The van der Waals surface area contributed by atoms with Gasteiger partial charge in [-0.1, -0.05) is 11.2 Å². The van der Waals surface area contributed by atoms with Crippen molar-refractivity contribution in [2.75, 3.05) is 5.32 Å². The fourth-order valence-corrected chi connectivity index (χ4v) is 3.63. The van der Waals surface area contributed by atoms with Crippen LogP contribution in [0.5, 0.6) is 0 Å². The number of hydrogen-bond acceptors (Lipinski definition) is 4. The van der Waals surface area contributed by atoms with E-state index in [1.807, 2.05) is 12.1 Å². The Bertz CT molecular complexity index is 1060. The summed E-state index contributed by atoms with van der Waals surface area (Å²) >= 11 is 0. The maximum Gasteiger partial charge on any atom is 0.277 e. The zero-order valence-corrected chi connectivity index (χ0v) is 13.6. The highest BCUT2D eigenvalue weighted by molar-refractivity contribution is 6.03. The molecule has 0 bridgehead atoms. The number of nitrogens with one attached hydrogen (secondary N) is 2. The minimum absolute atomic E-state index is 0.0194. The Kier molecular flexibility index (Phi) is 3.07. The standard InChI is InChI=1S/C19H17N3O3/c23-18-14-3-1-2-12(14)13-7-6-11(8-15(13)21-18)20-19(24)16-9-17(25-22-16)10-4-5-10/h6-10H,1-5H2,(H,20,24)(H,21,23). The van der Waals surface area contributed by atoms with Gasteiger partial charge in [0.25, 0.3) is 11.5 Å². The second-order valence-corrected chi connectivity index (χ2v) is 6.87. The third-order valence-electron chi connectivity index (χ3n) is 5.08. The molecule has 0 radical (unpaired) electrons. The topological polar surface area (TPSA) is 88.0 Å². The van der Waals surface area contributed by atoms with E-state index in [2.05, 4.69) is 15.5 Å². The van der Waals surface area contributed by atoms with E-state index in [4.69, 9.17) is 4.52 Å². The number of nitrogens with zero attached hydrogens (tertiary/aromatic N) is 1. The van der Waals surface area contributed by atoms with Crippen LogP contribution in [-0.2, 0) is 12.8 Å². The highest BCUT2D eigenvalue weighted by atomic mass is 16.5. The van der Waals surface area contributed by atoms with Gasteiger partial charge in [-0.25, -0.2) is 0 Å². The summed E-state index contributed by atoms with van der Waals surface area (Å²) in [7, 11) is 0. The number of benzene rings is 1.